The Bertz CT molecular complexity index is 812. The van der Waals surface area contributed by atoms with Gasteiger partial charge in [0.2, 0.25) is 0 Å². The van der Waals surface area contributed by atoms with Gasteiger partial charge in [0, 0.05) is 0 Å². The maximum absolute atomic E-state index is 12.7. The summed E-state index contributed by atoms with van der Waals surface area (Å²) in [6.45, 7) is 0.0700. The van der Waals surface area contributed by atoms with Crippen LogP contribution in [-0.2, 0) is 4.79 Å². The second-order valence-electron chi connectivity index (χ2n) is 4.69. The standard InChI is InChI=1S/C16H13FN4OS/c17-12-7-5-11(6-8-12)9-19-21-15(22)10-18-16-20-13-3-1-2-4-14(13)23-16/h1-9H,10H2,(H,18,20)(H,21,22)/b19-9+. The molecule has 0 radical (unpaired) electrons. The molecule has 0 saturated carbocycles. The molecule has 0 unspecified atom stereocenters. The fourth-order valence-corrected chi connectivity index (χ4v) is 2.73. The van der Waals surface area contributed by atoms with Crippen LogP contribution in [0, 0.1) is 5.82 Å². The Morgan fingerprint density at radius 3 is 2.78 bits per heavy atom. The molecule has 1 heterocycles. The van der Waals surface area contributed by atoms with Gasteiger partial charge in [-0.1, -0.05) is 35.6 Å². The number of para-hydroxylation sites is 1. The molecule has 1 aromatic heterocycles. The topological polar surface area (TPSA) is 66.4 Å². The van der Waals surface area contributed by atoms with Gasteiger partial charge < -0.3 is 5.32 Å². The number of fused-ring (bicyclic) bond motifs is 1. The van der Waals surface area contributed by atoms with E-state index in [1.165, 1.54) is 29.7 Å². The number of amides is 1. The summed E-state index contributed by atoms with van der Waals surface area (Å²) in [6, 6.07) is 13.6. The van der Waals surface area contributed by atoms with Gasteiger partial charge in [0.1, 0.15) is 5.82 Å². The molecule has 0 spiro atoms. The summed E-state index contributed by atoms with van der Waals surface area (Å²) >= 11 is 1.49. The predicted molar refractivity (Wildman–Crippen MR) is 90.2 cm³/mol. The molecule has 1 amide bonds. The van der Waals surface area contributed by atoms with Crippen LogP contribution in [0.1, 0.15) is 5.56 Å². The molecular formula is C16H13FN4OS. The van der Waals surface area contributed by atoms with Crippen LogP contribution in [0.15, 0.2) is 53.6 Å². The van der Waals surface area contributed by atoms with Crippen molar-refractivity contribution >= 4 is 38.8 Å². The van der Waals surface area contributed by atoms with Crippen molar-refractivity contribution in [3.8, 4) is 0 Å². The lowest BCUT2D eigenvalue weighted by Gasteiger charge is -2.00. The van der Waals surface area contributed by atoms with Crippen molar-refractivity contribution in [3.63, 3.8) is 0 Å². The minimum atomic E-state index is -0.314. The van der Waals surface area contributed by atoms with Crippen molar-refractivity contribution in [2.24, 2.45) is 5.10 Å². The number of nitrogens with one attached hydrogen (secondary N) is 2. The van der Waals surface area contributed by atoms with E-state index in [4.69, 9.17) is 0 Å². The average molecular weight is 328 g/mol. The summed E-state index contributed by atoms with van der Waals surface area (Å²) in [5, 5.41) is 7.47. The zero-order chi connectivity index (χ0) is 16.1. The molecule has 0 fully saturated rings. The van der Waals surface area contributed by atoms with E-state index in [9.17, 15) is 9.18 Å². The van der Waals surface area contributed by atoms with E-state index in [1.54, 1.807) is 12.1 Å². The van der Waals surface area contributed by atoms with Gasteiger partial charge in [-0.25, -0.2) is 14.8 Å². The number of carbonyl (C=O) groups excluding carboxylic acids is 1. The van der Waals surface area contributed by atoms with Crippen molar-refractivity contribution in [2.75, 3.05) is 11.9 Å². The van der Waals surface area contributed by atoms with Gasteiger partial charge in [0.05, 0.1) is 23.0 Å². The Morgan fingerprint density at radius 1 is 1.22 bits per heavy atom. The number of hydrazone groups is 1. The number of anilines is 1. The molecule has 0 aliphatic heterocycles. The van der Waals surface area contributed by atoms with Gasteiger partial charge in [-0.15, -0.1) is 0 Å². The van der Waals surface area contributed by atoms with Crippen molar-refractivity contribution in [2.45, 2.75) is 0 Å². The van der Waals surface area contributed by atoms with Gasteiger partial charge in [0.25, 0.3) is 5.91 Å². The first-order valence-corrected chi connectivity index (χ1v) is 7.69. The number of thiazole rings is 1. The molecule has 0 atom stereocenters. The average Bonchev–Trinajstić information content (AvgIpc) is 2.98. The highest BCUT2D eigenvalue weighted by Gasteiger charge is 2.04. The number of hydrogen-bond donors (Lipinski definition) is 2. The molecule has 5 nitrogen and oxygen atoms in total. The maximum atomic E-state index is 12.7. The van der Waals surface area contributed by atoms with Crippen LogP contribution in [0.2, 0.25) is 0 Å². The molecule has 2 aromatic carbocycles. The molecule has 0 saturated heterocycles. The number of aromatic nitrogens is 1. The molecular weight excluding hydrogens is 315 g/mol. The van der Waals surface area contributed by atoms with Gasteiger partial charge >= 0.3 is 0 Å². The minimum absolute atomic E-state index is 0.0700. The minimum Gasteiger partial charge on any atom is -0.352 e. The number of benzene rings is 2. The predicted octanol–water partition coefficient (Wildman–Crippen LogP) is 3.00. The fourth-order valence-electron chi connectivity index (χ4n) is 1.87. The van der Waals surface area contributed by atoms with Crippen LogP contribution in [0.4, 0.5) is 9.52 Å². The number of hydrogen-bond acceptors (Lipinski definition) is 5. The monoisotopic (exact) mass is 328 g/mol. The first kappa shape index (κ1) is 15.1. The van der Waals surface area contributed by atoms with E-state index in [0.29, 0.717) is 10.7 Å². The molecule has 0 aliphatic carbocycles. The lowest BCUT2D eigenvalue weighted by Crippen LogP contribution is -2.25. The molecule has 0 bridgehead atoms. The van der Waals surface area contributed by atoms with Crippen LogP contribution < -0.4 is 10.7 Å². The first-order valence-electron chi connectivity index (χ1n) is 6.87. The van der Waals surface area contributed by atoms with E-state index >= 15 is 0 Å². The van der Waals surface area contributed by atoms with Crippen molar-refractivity contribution < 1.29 is 9.18 Å². The molecule has 23 heavy (non-hydrogen) atoms. The summed E-state index contributed by atoms with van der Waals surface area (Å²) in [5.41, 5.74) is 4.00. The van der Waals surface area contributed by atoms with Gasteiger partial charge in [-0.3, -0.25) is 4.79 Å². The lowest BCUT2D eigenvalue weighted by atomic mass is 10.2. The number of halogens is 1. The summed E-state index contributed by atoms with van der Waals surface area (Å²) in [6.07, 6.45) is 1.45. The third-order valence-corrected chi connectivity index (χ3v) is 3.96. The zero-order valence-corrected chi connectivity index (χ0v) is 12.8. The Balaban J connectivity index is 1.50. The summed E-state index contributed by atoms with van der Waals surface area (Å²) < 4.78 is 13.8. The smallest absolute Gasteiger partial charge is 0.259 e. The normalized spacial score (nSPS) is 11.0. The van der Waals surface area contributed by atoms with E-state index in [0.717, 1.165) is 10.2 Å². The Morgan fingerprint density at radius 2 is 2.00 bits per heavy atom. The fraction of sp³-hybridized carbons (Fsp3) is 0.0625. The highest BCUT2D eigenvalue weighted by atomic mass is 32.1. The van der Waals surface area contributed by atoms with E-state index < -0.39 is 0 Å². The molecule has 0 aliphatic rings. The van der Waals surface area contributed by atoms with Crippen LogP contribution >= 0.6 is 11.3 Å². The summed E-state index contributed by atoms with van der Waals surface area (Å²) in [5.74, 6) is -0.603. The third-order valence-electron chi connectivity index (χ3n) is 2.97. The lowest BCUT2D eigenvalue weighted by molar-refractivity contribution is -0.119. The third kappa shape index (κ3) is 4.10. The second-order valence-corrected chi connectivity index (χ2v) is 5.72. The number of carbonyl (C=O) groups is 1. The van der Waals surface area contributed by atoms with Gasteiger partial charge in [-0.2, -0.15) is 5.10 Å². The quantitative estimate of drug-likeness (QED) is 0.559. The highest BCUT2D eigenvalue weighted by molar-refractivity contribution is 7.22. The van der Waals surface area contributed by atoms with Crippen LogP contribution in [0.3, 0.4) is 0 Å². The Hall–Kier alpha value is -2.80. The SMILES string of the molecule is O=C(CNc1nc2ccccc2s1)N/N=C/c1ccc(F)cc1. The van der Waals surface area contributed by atoms with Crippen LogP contribution in [-0.4, -0.2) is 23.7 Å². The largest absolute Gasteiger partial charge is 0.352 e. The zero-order valence-electron chi connectivity index (χ0n) is 12.0. The number of nitrogens with zero attached hydrogens (tertiary/aromatic N) is 2. The van der Waals surface area contributed by atoms with Crippen molar-refractivity contribution in [3.05, 3.63) is 59.9 Å². The summed E-state index contributed by atoms with van der Waals surface area (Å²) in [7, 11) is 0. The maximum Gasteiger partial charge on any atom is 0.259 e. The van der Waals surface area contributed by atoms with Gasteiger partial charge in [0.15, 0.2) is 5.13 Å². The Kier molecular flexibility index (Phi) is 4.58. The van der Waals surface area contributed by atoms with Crippen molar-refractivity contribution in [1.82, 2.24) is 10.4 Å². The Labute approximate surface area is 135 Å². The van der Waals surface area contributed by atoms with E-state index in [-0.39, 0.29) is 18.3 Å². The van der Waals surface area contributed by atoms with E-state index in [2.05, 4.69) is 20.8 Å². The molecule has 3 rings (SSSR count). The highest BCUT2D eigenvalue weighted by Crippen LogP contribution is 2.24. The second kappa shape index (κ2) is 6.97. The number of rotatable bonds is 5. The summed E-state index contributed by atoms with van der Waals surface area (Å²) in [4.78, 5) is 16.1. The van der Waals surface area contributed by atoms with Gasteiger partial charge in [-0.05, 0) is 29.8 Å². The van der Waals surface area contributed by atoms with E-state index in [1.807, 2.05) is 24.3 Å². The van der Waals surface area contributed by atoms with Crippen LogP contribution in [0.5, 0.6) is 0 Å². The van der Waals surface area contributed by atoms with Crippen molar-refractivity contribution in [1.29, 1.82) is 0 Å². The molecule has 7 heteroatoms. The first-order chi connectivity index (χ1) is 11.2. The molecule has 2 N–H and O–H groups in total. The van der Waals surface area contributed by atoms with Crippen LogP contribution in [0.25, 0.3) is 10.2 Å². The molecule has 3 aromatic rings. The molecule has 116 valence electrons.